The second kappa shape index (κ2) is 6.37. The number of anilines is 1. The summed E-state index contributed by atoms with van der Waals surface area (Å²) in [4.78, 5) is 1.74. The van der Waals surface area contributed by atoms with Gasteiger partial charge in [0.15, 0.2) is 0 Å². The summed E-state index contributed by atoms with van der Waals surface area (Å²) in [5, 5.41) is 11.0. The number of alkyl halides is 3. The summed E-state index contributed by atoms with van der Waals surface area (Å²) in [6.45, 7) is -0.117. The van der Waals surface area contributed by atoms with Gasteiger partial charge in [-0.2, -0.15) is 13.2 Å². The van der Waals surface area contributed by atoms with Gasteiger partial charge in [-0.05, 0) is 50.6 Å². The molecule has 2 nitrogen and oxygen atoms in total. The van der Waals surface area contributed by atoms with Crippen molar-refractivity contribution in [1.29, 1.82) is 0 Å². The monoisotopic (exact) mass is 379 g/mol. The van der Waals surface area contributed by atoms with Crippen LogP contribution in [-0.4, -0.2) is 12.2 Å². The highest BCUT2D eigenvalue weighted by Gasteiger charge is 2.33. The van der Waals surface area contributed by atoms with Crippen molar-refractivity contribution in [3.8, 4) is 0 Å². The van der Waals surface area contributed by atoms with E-state index in [1.165, 1.54) is 17.4 Å². The molecular weight excluding hydrogens is 367 g/mol. The average molecular weight is 380 g/mol. The van der Waals surface area contributed by atoms with Crippen molar-refractivity contribution in [3.05, 3.63) is 50.1 Å². The molecule has 114 valence electrons. The van der Waals surface area contributed by atoms with E-state index < -0.39 is 18.3 Å². The zero-order valence-corrected chi connectivity index (χ0v) is 13.5. The number of benzene rings is 1. The topological polar surface area (TPSA) is 23.5 Å². The second-order valence-electron chi connectivity index (χ2n) is 4.61. The third kappa shape index (κ3) is 3.99. The van der Waals surface area contributed by atoms with Crippen LogP contribution in [0.5, 0.6) is 0 Å². The fourth-order valence-electron chi connectivity index (χ4n) is 2.00. The first-order valence-corrected chi connectivity index (χ1v) is 7.73. The maximum absolute atomic E-state index is 13.0. The van der Waals surface area contributed by atoms with E-state index in [1.54, 1.807) is 18.0 Å². The zero-order chi connectivity index (χ0) is 15.6. The minimum Gasteiger partial charge on any atom is -0.392 e. The van der Waals surface area contributed by atoms with Gasteiger partial charge < -0.3 is 10.0 Å². The van der Waals surface area contributed by atoms with Crippen LogP contribution < -0.4 is 4.90 Å². The van der Waals surface area contributed by atoms with Crippen molar-refractivity contribution in [2.75, 3.05) is 11.9 Å². The molecule has 1 aromatic heterocycles. The Morgan fingerprint density at radius 1 is 1.29 bits per heavy atom. The fraction of sp³-hybridized carbons (Fsp3) is 0.286. The first-order chi connectivity index (χ1) is 9.81. The normalized spacial score (nSPS) is 11.7. The molecule has 0 atom stereocenters. The standard InChI is InChI=1S/C14H13BrF3NOS/c1-19(6-9-4-13(15)21-8-9)11-3-2-10(7-20)12(5-11)14(16,17)18/h2-5,8,20H,6-7H2,1H3. The summed E-state index contributed by atoms with van der Waals surface area (Å²) in [5.74, 6) is 0. The lowest BCUT2D eigenvalue weighted by Crippen LogP contribution is -2.18. The molecule has 1 aromatic carbocycles. The van der Waals surface area contributed by atoms with Crippen LogP contribution in [0.15, 0.2) is 33.4 Å². The van der Waals surface area contributed by atoms with Crippen LogP contribution in [0.2, 0.25) is 0 Å². The lowest BCUT2D eigenvalue weighted by atomic mass is 10.1. The molecule has 7 heteroatoms. The molecule has 0 aliphatic carbocycles. The number of hydrogen-bond donors (Lipinski definition) is 1. The van der Waals surface area contributed by atoms with E-state index in [0.717, 1.165) is 15.4 Å². The van der Waals surface area contributed by atoms with Gasteiger partial charge in [0.25, 0.3) is 0 Å². The summed E-state index contributed by atoms with van der Waals surface area (Å²) in [7, 11) is 1.74. The van der Waals surface area contributed by atoms with E-state index in [2.05, 4.69) is 15.9 Å². The number of nitrogens with zero attached hydrogens (tertiary/aromatic N) is 1. The Bertz CT molecular complexity index is 627. The first-order valence-electron chi connectivity index (χ1n) is 6.06. The fourth-order valence-corrected chi connectivity index (χ4v) is 3.20. The molecule has 1 N–H and O–H groups in total. The maximum atomic E-state index is 13.0. The van der Waals surface area contributed by atoms with E-state index in [1.807, 2.05) is 11.4 Å². The van der Waals surface area contributed by atoms with E-state index in [0.29, 0.717) is 12.2 Å². The predicted molar refractivity (Wildman–Crippen MR) is 81.5 cm³/mol. The summed E-state index contributed by atoms with van der Waals surface area (Å²) >= 11 is 4.89. The van der Waals surface area contributed by atoms with Gasteiger partial charge in [0.2, 0.25) is 0 Å². The summed E-state index contributed by atoms with van der Waals surface area (Å²) < 4.78 is 39.9. The summed E-state index contributed by atoms with van der Waals surface area (Å²) in [6.07, 6.45) is -4.47. The van der Waals surface area contributed by atoms with Gasteiger partial charge in [-0.15, -0.1) is 11.3 Å². The van der Waals surface area contributed by atoms with Crippen LogP contribution in [0.4, 0.5) is 18.9 Å². The number of thiophene rings is 1. The molecule has 0 fully saturated rings. The van der Waals surface area contributed by atoms with Gasteiger partial charge in [-0.3, -0.25) is 0 Å². The first kappa shape index (κ1) is 16.3. The second-order valence-corrected chi connectivity index (χ2v) is 6.90. The van der Waals surface area contributed by atoms with E-state index in [4.69, 9.17) is 5.11 Å². The smallest absolute Gasteiger partial charge is 0.392 e. The highest BCUT2D eigenvalue weighted by Crippen LogP contribution is 2.35. The quantitative estimate of drug-likeness (QED) is 0.834. The average Bonchev–Trinajstić information content (AvgIpc) is 2.82. The van der Waals surface area contributed by atoms with Gasteiger partial charge in [0.1, 0.15) is 0 Å². The van der Waals surface area contributed by atoms with Crippen LogP contribution in [0, 0.1) is 0 Å². The number of aliphatic hydroxyl groups excluding tert-OH is 1. The molecule has 2 aromatic rings. The molecule has 1 heterocycles. The molecule has 0 bridgehead atoms. The molecule has 2 rings (SSSR count). The molecule has 0 saturated heterocycles. The molecule has 0 aliphatic rings. The number of rotatable bonds is 4. The molecule has 0 spiro atoms. The van der Waals surface area contributed by atoms with Crippen LogP contribution in [-0.2, 0) is 19.3 Å². The molecule has 0 unspecified atom stereocenters. The van der Waals surface area contributed by atoms with E-state index >= 15 is 0 Å². The van der Waals surface area contributed by atoms with Gasteiger partial charge in [0.05, 0.1) is 16.0 Å². The van der Waals surface area contributed by atoms with E-state index in [-0.39, 0.29) is 5.56 Å². The van der Waals surface area contributed by atoms with Crippen molar-refractivity contribution in [1.82, 2.24) is 0 Å². The molecule has 0 radical (unpaired) electrons. The summed E-state index contributed by atoms with van der Waals surface area (Å²) in [6, 6.07) is 5.92. The Labute approximate surface area is 133 Å². The molecule has 21 heavy (non-hydrogen) atoms. The van der Waals surface area contributed by atoms with Crippen molar-refractivity contribution in [2.45, 2.75) is 19.3 Å². The van der Waals surface area contributed by atoms with Gasteiger partial charge in [-0.1, -0.05) is 6.07 Å². The van der Waals surface area contributed by atoms with Gasteiger partial charge >= 0.3 is 6.18 Å². The van der Waals surface area contributed by atoms with Crippen molar-refractivity contribution >= 4 is 33.0 Å². The Balaban J connectivity index is 2.27. The highest BCUT2D eigenvalue weighted by atomic mass is 79.9. The van der Waals surface area contributed by atoms with Crippen LogP contribution in [0.25, 0.3) is 0 Å². The summed E-state index contributed by atoms with van der Waals surface area (Å²) in [5.41, 5.74) is 0.579. The van der Waals surface area contributed by atoms with Gasteiger partial charge in [0, 0.05) is 19.3 Å². The number of aliphatic hydroxyl groups is 1. The molecule has 0 aliphatic heterocycles. The Morgan fingerprint density at radius 2 is 2.00 bits per heavy atom. The Kier molecular flexibility index (Phi) is 4.95. The maximum Gasteiger partial charge on any atom is 0.416 e. The van der Waals surface area contributed by atoms with E-state index in [9.17, 15) is 13.2 Å². The molecule has 0 amide bonds. The zero-order valence-electron chi connectivity index (χ0n) is 11.1. The van der Waals surface area contributed by atoms with Gasteiger partial charge in [-0.25, -0.2) is 0 Å². The highest BCUT2D eigenvalue weighted by molar-refractivity contribution is 9.11. The number of hydrogen-bond acceptors (Lipinski definition) is 3. The third-order valence-corrected chi connectivity index (χ3v) is 4.60. The largest absolute Gasteiger partial charge is 0.416 e. The Hall–Kier alpha value is -1.05. The van der Waals surface area contributed by atoms with Crippen molar-refractivity contribution < 1.29 is 18.3 Å². The van der Waals surface area contributed by atoms with Crippen molar-refractivity contribution in [2.24, 2.45) is 0 Å². The number of halogens is 4. The van der Waals surface area contributed by atoms with Crippen LogP contribution >= 0.6 is 27.3 Å². The minimum atomic E-state index is -4.47. The SMILES string of the molecule is CN(Cc1csc(Br)c1)c1ccc(CO)c(C(F)(F)F)c1. The predicted octanol–water partition coefficient (Wildman–Crippen LogP) is 4.66. The van der Waals surface area contributed by atoms with Crippen LogP contribution in [0.1, 0.15) is 16.7 Å². The molecule has 0 saturated carbocycles. The van der Waals surface area contributed by atoms with Crippen molar-refractivity contribution in [3.63, 3.8) is 0 Å². The lowest BCUT2D eigenvalue weighted by Gasteiger charge is -2.21. The van der Waals surface area contributed by atoms with Crippen LogP contribution in [0.3, 0.4) is 0 Å². The molecular formula is C14H13BrF3NOS. The minimum absolute atomic E-state index is 0.113. The third-order valence-electron chi connectivity index (χ3n) is 3.05. The lowest BCUT2D eigenvalue weighted by molar-refractivity contribution is -0.138. The Morgan fingerprint density at radius 3 is 2.52 bits per heavy atom.